The van der Waals surface area contributed by atoms with Gasteiger partial charge in [-0.1, -0.05) is 17.7 Å². The van der Waals surface area contributed by atoms with Crippen LogP contribution in [-0.2, 0) is 17.8 Å². The molecule has 0 spiro atoms. The third-order valence-electron chi connectivity index (χ3n) is 5.76. The van der Waals surface area contributed by atoms with Crippen LogP contribution in [0, 0.1) is 0 Å². The van der Waals surface area contributed by atoms with Crippen molar-refractivity contribution in [2.75, 3.05) is 26.1 Å². The van der Waals surface area contributed by atoms with E-state index in [2.05, 4.69) is 10.3 Å². The number of anilines is 1. The Balaban J connectivity index is 1.51. The minimum absolute atomic E-state index is 0.102. The zero-order valence-electron chi connectivity index (χ0n) is 19.7. The Morgan fingerprint density at radius 3 is 2.71 bits per heavy atom. The number of methoxy groups -OCH3 is 2. The topological polar surface area (TPSA) is 90.0 Å². The van der Waals surface area contributed by atoms with Gasteiger partial charge in [0.15, 0.2) is 17.6 Å². The normalized spacial score (nSPS) is 15.0. The van der Waals surface area contributed by atoms with Crippen LogP contribution in [-0.4, -0.2) is 48.6 Å². The average Bonchev–Trinajstić information content (AvgIpc) is 2.98. The molecule has 2 heterocycles. The number of benzene rings is 2. The largest absolute Gasteiger partial charge is 0.493 e. The molecule has 9 heteroatoms. The molecule has 3 aromatic rings. The number of nitrogens with zero attached hydrogens (tertiary/aromatic N) is 2. The van der Waals surface area contributed by atoms with Gasteiger partial charge in [0.05, 0.1) is 19.8 Å². The molecule has 1 atom stereocenters. The van der Waals surface area contributed by atoms with Gasteiger partial charge in [-0.3, -0.25) is 9.59 Å². The zero-order chi connectivity index (χ0) is 24.9. The van der Waals surface area contributed by atoms with Gasteiger partial charge in [-0.2, -0.15) is 0 Å². The molecule has 2 aromatic carbocycles. The molecule has 0 aliphatic carbocycles. The number of hydrogen-bond donors (Lipinski definition) is 1. The van der Waals surface area contributed by atoms with Gasteiger partial charge in [0.25, 0.3) is 11.8 Å². The summed E-state index contributed by atoms with van der Waals surface area (Å²) >= 11 is 6.04. The van der Waals surface area contributed by atoms with Gasteiger partial charge in [0.2, 0.25) is 0 Å². The van der Waals surface area contributed by atoms with Gasteiger partial charge in [0.1, 0.15) is 10.9 Å². The Bertz CT molecular complexity index is 1250. The van der Waals surface area contributed by atoms with Gasteiger partial charge in [-0.15, -0.1) is 0 Å². The molecule has 0 saturated heterocycles. The summed E-state index contributed by atoms with van der Waals surface area (Å²) in [4.78, 5) is 31.4. The van der Waals surface area contributed by atoms with Gasteiger partial charge < -0.3 is 24.4 Å². The van der Waals surface area contributed by atoms with Crippen LogP contribution in [0.4, 0.5) is 5.69 Å². The quantitative estimate of drug-likeness (QED) is 0.490. The van der Waals surface area contributed by atoms with Crippen molar-refractivity contribution in [1.29, 1.82) is 0 Å². The van der Waals surface area contributed by atoms with E-state index in [1.807, 2.05) is 24.3 Å². The first kappa shape index (κ1) is 24.3. The van der Waals surface area contributed by atoms with Crippen molar-refractivity contribution in [3.63, 3.8) is 0 Å². The number of nitrogens with one attached hydrogen (secondary N) is 1. The van der Waals surface area contributed by atoms with Gasteiger partial charge in [0, 0.05) is 30.5 Å². The lowest BCUT2D eigenvalue weighted by molar-refractivity contribution is -0.137. The van der Waals surface area contributed by atoms with Gasteiger partial charge in [-0.25, -0.2) is 4.98 Å². The van der Waals surface area contributed by atoms with E-state index in [1.165, 1.54) is 6.20 Å². The predicted molar refractivity (Wildman–Crippen MR) is 132 cm³/mol. The average molecular weight is 496 g/mol. The molecular weight excluding hydrogens is 470 g/mol. The first-order chi connectivity index (χ1) is 16.9. The van der Waals surface area contributed by atoms with Crippen molar-refractivity contribution in [2.24, 2.45) is 0 Å². The third-order valence-corrected chi connectivity index (χ3v) is 6.07. The van der Waals surface area contributed by atoms with Gasteiger partial charge >= 0.3 is 0 Å². The van der Waals surface area contributed by atoms with Crippen LogP contribution >= 0.6 is 11.6 Å². The molecule has 8 nitrogen and oxygen atoms in total. The van der Waals surface area contributed by atoms with Crippen molar-refractivity contribution in [3.8, 4) is 17.2 Å². The smallest absolute Gasteiger partial charge is 0.263 e. The van der Waals surface area contributed by atoms with Crippen LogP contribution in [0.5, 0.6) is 17.2 Å². The molecular formula is C26H26ClN3O5. The van der Waals surface area contributed by atoms with E-state index in [1.54, 1.807) is 50.3 Å². The van der Waals surface area contributed by atoms with Crippen LogP contribution < -0.4 is 19.5 Å². The van der Waals surface area contributed by atoms with Gasteiger partial charge in [-0.05, 0) is 61.4 Å². The summed E-state index contributed by atoms with van der Waals surface area (Å²) < 4.78 is 16.6. The van der Waals surface area contributed by atoms with Crippen LogP contribution in [0.25, 0.3) is 0 Å². The number of fused-ring (bicyclic) bond motifs is 1. The fourth-order valence-electron chi connectivity index (χ4n) is 3.92. The summed E-state index contributed by atoms with van der Waals surface area (Å²) in [7, 11) is 3.18. The Labute approximate surface area is 208 Å². The van der Waals surface area contributed by atoms with E-state index in [-0.39, 0.29) is 22.5 Å². The third kappa shape index (κ3) is 5.49. The predicted octanol–water partition coefficient (Wildman–Crippen LogP) is 4.36. The Morgan fingerprint density at radius 2 is 1.97 bits per heavy atom. The van der Waals surface area contributed by atoms with E-state index < -0.39 is 6.10 Å². The highest BCUT2D eigenvalue weighted by molar-refractivity contribution is 6.33. The minimum Gasteiger partial charge on any atom is -0.493 e. The molecule has 0 fully saturated rings. The maximum Gasteiger partial charge on any atom is 0.263 e. The molecule has 1 aliphatic heterocycles. The van der Waals surface area contributed by atoms with Crippen molar-refractivity contribution >= 4 is 29.1 Å². The molecule has 0 radical (unpaired) electrons. The first-order valence-electron chi connectivity index (χ1n) is 11.1. The first-order valence-corrected chi connectivity index (χ1v) is 11.5. The van der Waals surface area contributed by atoms with Crippen molar-refractivity contribution in [1.82, 2.24) is 9.88 Å². The second kappa shape index (κ2) is 10.7. The molecule has 0 saturated carbocycles. The monoisotopic (exact) mass is 495 g/mol. The fourth-order valence-corrected chi connectivity index (χ4v) is 4.13. The number of halogens is 1. The fraction of sp³-hybridized carbons (Fsp3) is 0.269. The Morgan fingerprint density at radius 1 is 1.17 bits per heavy atom. The second-order valence-electron chi connectivity index (χ2n) is 8.08. The lowest BCUT2D eigenvalue weighted by Gasteiger charge is -2.22. The van der Waals surface area contributed by atoms with Crippen LogP contribution in [0.3, 0.4) is 0 Å². The van der Waals surface area contributed by atoms with Crippen molar-refractivity contribution < 1.29 is 23.8 Å². The molecule has 1 aromatic heterocycles. The summed E-state index contributed by atoms with van der Waals surface area (Å²) in [5.74, 6) is 1.43. The molecule has 4 rings (SSSR count). The number of pyridine rings is 1. The number of rotatable bonds is 7. The summed E-state index contributed by atoms with van der Waals surface area (Å²) in [6, 6.07) is 14.3. The van der Waals surface area contributed by atoms with Crippen molar-refractivity contribution in [3.05, 3.63) is 76.6 Å². The van der Waals surface area contributed by atoms with E-state index in [0.29, 0.717) is 42.4 Å². The minimum atomic E-state index is -0.628. The number of carbonyl (C=O) groups is 2. The zero-order valence-corrected chi connectivity index (χ0v) is 20.5. The number of carbonyl (C=O) groups excluding carboxylic acids is 2. The van der Waals surface area contributed by atoms with E-state index >= 15 is 0 Å². The van der Waals surface area contributed by atoms with E-state index in [4.69, 9.17) is 25.8 Å². The number of aromatic nitrogens is 1. The standard InChI is InChI=1S/C26H26ClN3O5/c1-16-26(32)30(12-10-17-6-8-22(33-2)23(13-17)34-3)15-18-14-19(7-9-21(18)35-16)29-25(31)20-5-4-11-28-24(20)27/h4-9,11,13-14,16H,10,12,15H2,1-3H3,(H,29,31). The second-order valence-corrected chi connectivity index (χ2v) is 8.44. The van der Waals surface area contributed by atoms with Crippen LogP contribution in [0.2, 0.25) is 5.15 Å². The van der Waals surface area contributed by atoms with E-state index in [9.17, 15) is 9.59 Å². The molecule has 1 unspecified atom stereocenters. The highest BCUT2D eigenvalue weighted by atomic mass is 35.5. The molecule has 2 amide bonds. The lowest BCUT2D eigenvalue weighted by atomic mass is 10.1. The molecule has 1 aliphatic rings. The summed E-state index contributed by atoms with van der Waals surface area (Å²) in [5, 5.41) is 2.97. The Hall–Kier alpha value is -3.78. The number of hydrogen-bond acceptors (Lipinski definition) is 6. The van der Waals surface area contributed by atoms with E-state index in [0.717, 1.165) is 11.1 Å². The summed E-state index contributed by atoms with van der Waals surface area (Å²) in [5.41, 5.74) is 2.66. The lowest BCUT2D eigenvalue weighted by Crippen LogP contribution is -2.39. The molecule has 182 valence electrons. The Kier molecular flexibility index (Phi) is 7.41. The maximum absolute atomic E-state index is 13.0. The molecule has 1 N–H and O–H groups in total. The van der Waals surface area contributed by atoms with Crippen LogP contribution in [0.15, 0.2) is 54.7 Å². The summed E-state index contributed by atoms with van der Waals surface area (Å²) in [6.45, 7) is 2.58. The number of amides is 2. The maximum atomic E-state index is 13.0. The molecule has 35 heavy (non-hydrogen) atoms. The summed E-state index contributed by atoms with van der Waals surface area (Å²) in [6.07, 6.45) is 1.52. The van der Waals surface area contributed by atoms with Crippen LogP contribution in [0.1, 0.15) is 28.4 Å². The van der Waals surface area contributed by atoms with Crippen molar-refractivity contribution in [2.45, 2.75) is 26.0 Å². The SMILES string of the molecule is COc1ccc(CCN2Cc3cc(NC(=O)c4cccnc4Cl)ccc3OC(C)C2=O)cc1OC. The number of ether oxygens (including phenoxy) is 3. The highest BCUT2D eigenvalue weighted by Crippen LogP contribution is 2.30. The highest BCUT2D eigenvalue weighted by Gasteiger charge is 2.28. The molecule has 0 bridgehead atoms.